The number of hydrogen-bond acceptors (Lipinski definition) is 8. The molecule has 8 nitrogen and oxygen atoms in total. The zero-order chi connectivity index (χ0) is 16.6. The van der Waals surface area contributed by atoms with Crippen LogP contribution in [0.4, 0.5) is 0 Å². The highest BCUT2D eigenvalue weighted by molar-refractivity contribution is 4.48. The van der Waals surface area contributed by atoms with Crippen LogP contribution in [0, 0.1) is 0 Å². The molecule has 0 fully saturated rings. The van der Waals surface area contributed by atoms with Gasteiger partial charge in [-0.1, -0.05) is 0 Å². The van der Waals surface area contributed by atoms with Crippen LogP contribution < -0.4 is 45.0 Å². The molecule has 0 aromatic carbocycles. The molecule has 0 amide bonds. The number of nitrogens with two attached hydrogens (primary N) is 6. The first-order valence-corrected chi connectivity index (χ1v) is 7.86. The van der Waals surface area contributed by atoms with E-state index in [9.17, 15) is 0 Å². The zero-order valence-corrected chi connectivity index (χ0v) is 13.7. The molecular weight excluding hydrogens is 268 g/mol. The average Bonchev–Trinajstić information content (AvgIpc) is 2.50. The molecule has 0 aliphatic carbocycles. The minimum atomic E-state index is 0.694. The molecule has 0 bridgehead atoms. The van der Waals surface area contributed by atoms with E-state index in [0.29, 0.717) is 13.1 Å². The normalized spacial score (nSPS) is 9.43. The van der Waals surface area contributed by atoms with Crippen LogP contribution in [0.1, 0.15) is 19.3 Å². The van der Waals surface area contributed by atoms with E-state index in [2.05, 4.69) is 10.6 Å². The molecule has 8 heteroatoms. The third-order valence-corrected chi connectivity index (χ3v) is 2.17. The van der Waals surface area contributed by atoms with E-state index in [4.69, 9.17) is 34.4 Å². The summed E-state index contributed by atoms with van der Waals surface area (Å²) in [6, 6.07) is 0. The van der Waals surface area contributed by atoms with Crippen molar-refractivity contribution in [1.82, 2.24) is 10.6 Å². The largest absolute Gasteiger partial charge is 0.330 e. The molecule has 0 aliphatic heterocycles. The Morgan fingerprint density at radius 1 is 0.381 bits per heavy atom. The van der Waals surface area contributed by atoms with Crippen LogP contribution >= 0.6 is 0 Å². The molecule has 21 heavy (non-hydrogen) atoms. The molecule has 0 rings (SSSR count). The lowest BCUT2D eigenvalue weighted by atomic mass is 10.4. The minimum absolute atomic E-state index is 0.694. The molecule has 0 aromatic rings. The molecule has 0 unspecified atom stereocenters. The molecule has 0 spiro atoms. The van der Waals surface area contributed by atoms with Crippen molar-refractivity contribution in [3.8, 4) is 0 Å². The summed E-state index contributed by atoms with van der Waals surface area (Å²) in [4.78, 5) is 0. The van der Waals surface area contributed by atoms with Crippen LogP contribution in [0.2, 0.25) is 0 Å². The summed E-state index contributed by atoms with van der Waals surface area (Å²) < 4.78 is 0. The van der Waals surface area contributed by atoms with Crippen molar-refractivity contribution < 1.29 is 0 Å². The van der Waals surface area contributed by atoms with Crippen molar-refractivity contribution >= 4 is 0 Å². The lowest BCUT2D eigenvalue weighted by Gasteiger charge is -2.00. The predicted molar refractivity (Wildman–Crippen MR) is 93.9 cm³/mol. The Morgan fingerprint density at radius 2 is 0.714 bits per heavy atom. The van der Waals surface area contributed by atoms with E-state index in [1.54, 1.807) is 0 Å². The van der Waals surface area contributed by atoms with Gasteiger partial charge in [-0.05, 0) is 58.5 Å². The molecule has 0 saturated heterocycles. The Bertz CT molecular complexity index is 125. The maximum absolute atomic E-state index is 5.28. The summed E-state index contributed by atoms with van der Waals surface area (Å²) >= 11 is 0. The second-order valence-electron chi connectivity index (χ2n) is 4.29. The van der Waals surface area contributed by atoms with Gasteiger partial charge in [0.1, 0.15) is 0 Å². The summed E-state index contributed by atoms with van der Waals surface area (Å²) in [6.07, 6.45) is 3.06. The van der Waals surface area contributed by atoms with E-state index < -0.39 is 0 Å². The van der Waals surface area contributed by atoms with Crippen LogP contribution in [0.3, 0.4) is 0 Å². The van der Waals surface area contributed by atoms with Gasteiger partial charge in [0.15, 0.2) is 0 Å². The van der Waals surface area contributed by atoms with Crippen LogP contribution in [0.25, 0.3) is 0 Å². The fourth-order valence-electron chi connectivity index (χ4n) is 1.03. The third kappa shape index (κ3) is 45.1. The predicted octanol–water partition coefficient (Wildman–Crippen LogP) is -2.94. The number of nitrogens with one attached hydrogen (secondary N) is 2. The molecule has 0 atom stereocenters. The van der Waals surface area contributed by atoms with Crippen molar-refractivity contribution in [2.45, 2.75) is 19.3 Å². The summed E-state index contributed by atoms with van der Waals surface area (Å²) in [5.41, 5.74) is 31.0. The smallest absolute Gasteiger partial charge is 0.00750 e. The summed E-state index contributed by atoms with van der Waals surface area (Å²) in [6.45, 7) is 8.17. The summed E-state index contributed by atoms with van der Waals surface area (Å²) in [5, 5.41) is 6.26. The highest BCUT2D eigenvalue weighted by Gasteiger charge is 1.83. The van der Waals surface area contributed by atoms with Crippen LogP contribution in [0.5, 0.6) is 0 Å². The Kier molecular flexibility index (Phi) is 38.9. The van der Waals surface area contributed by atoms with Gasteiger partial charge in [-0.2, -0.15) is 0 Å². The summed E-state index contributed by atoms with van der Waals surface area (Å²) in [5.74, 6) is 0. The SMILES string of the molecule is NCCCN.NCCCNCCCN.NCCNCCN. The fourth-order valence-corrected chi connectivity index (χ4v) is 1.03. The van der Waals surface area contributed by atoms with Crippen molar-refractivity contribution in [1.29, 1.82) is 0 Å². The Morgan fingerprint density at radius 3 is 0.952 bits per heavy atom. The van der Waals surface area contributed by atoms with E-state index in [-0.39, 0.29) is 0 Å². The first kappa shape index (κ1) is 25.6. The van der Waals surface area contributed by atoms with Crippen LogP contribution in [-0.2, 0) is 0 Å². The van der Waals surface area contributed by atoms with E-state index in [1.165, 1.54) is 0 Å². The second kappa shape index (κ2) is 31.9. The van der Waals surface area contributed by atoms with Gasteiger partial charge in [-0.25, -0.2) is 0 Å². The van der Waals surface area contributed by atoms with Gasteiger partial charge in [-0.15, -0.1) is 0 Å². The van der Waals surface area contributed by atoms with E-state index in [0.717, 1.165) is 71.6 Å². The lowest BCUT2D eigenvalue weighted by Crippen LogP contribution is -2.27. The Labute approximate surface area is 130 Å². The lowest BCUT2D eigenvalue weighted by molar-refractivity contribution is 0.631. The third-order valence-electron chi connectivity index (χ3n) is 2.17. The van der Waals surface area contributed by atoms with Gasteiger partial charge < -0.3 is 45.0 Å². The minimum Gasteiger partial charge on any atom is -0.330 e. The van der Waals surface area contributed by atoms with Crippen molar-refractivity contribution in [2.75, 3.05) is 65.4 Å². The highest BCUT2D eigenvalue weighted by atomic mass is 14.9. The average molecular weight is 309 g/mol. The molecule has 14 N–H and O–H groups in total. The second-order valence-corrected chi connectivity index (χ2v) is 4.29. The van der Waals surface area contributed by atoms with Crippen LogP contribution in [-0.4, -0.2) is 65.4 Å². The van der Waals surface area contributed by atoms with E-state index >= 15 is 0 Å². The van der Waals surface area contributed by atoms with Gasteiger partial charge in [0.2, 0.25) is 0 Å². The molecule has 0 aliphatic rings. The molecular formula is C13H40N8. The van der Waals surface area contributed by atoms with Crippen molar-refractivity contribution in [3.63, 3.8) is 0 Å². The summed E-state index contributed by atoms with van der Waals surface area (Å²) in [7, 11) is 0. The molecule has 132 valence electrons. The van der Waals surface area contributed by atoms with Gasteiger partial charge in [0.25, 0.3) is 0 Å². The van der Waals surface area contributed by atoms with Gasteiger partial charge in [-0.3, -0.25) is 0 Å². The first-order chi connectivity index (χ1) is 10.2. The molecule has 0 heterocycles. The quantitative estimate of drug-likeness (QED) is 0.176. The Hall–Kier alpha value is -0.320. The molecule has 0 radical (unpaired) electrons. The molecule has 0 saturated carbocycles. The zero-order valence-electron chi connectivity index (χ0n) is 13.7. The number of hydrogen-bond donors (Lipinski definition) is 8. The molecule has 0 aromatic heterocycles. The van der Waals surface area contributed by atoms with Crippen LogP contribution in [0.15, 0.2) is 0 Å². The highest BCUT2D eigenvalue weighted by Crippen LogP contribution is 1.72. The first-order valence-electron chi connectivity index (χ1n) is 7.86. The fraction of sp³-hybridized carbons (Fsp3) is 1.00. The van der Waals surface area contributed by atoms with Crippen molar-refractivity contribution in [3.05, 3.63) is 0 Å². The monoisotopic (exact) mass is 308 g/mol. The van der Waals surface area contributed by atoms with Gasteiger partial charge >= 0.3 is 0 Å². The maximum atomic E-state index is 5.28. The van der Waals surface area contributed by atoms with E-state index in [1.807, 2.05) is 0 Å². The number of rotatable bonds is 12. The standard InChI is InChI=1S/C6H17N3.C4H13N3.C3H10N2/c7-3-1-5-9-6-2-4-8;5-1-3-7-4-2-6;4-2-1-3-5/h9H,1-8H2;7H,1-6H2;1-5H2. The van der Waals surface area contributed by atoms with Crippen molar-refractivity contribution in [2.24, 2.45) is 34.4 Å². The Balaban J connectivity index is -0.000000242. The topological polar surface area (TPSA) is 180 Å². The van der Waals surface area contributed by atoms with Gasteiger partial charge in [0.05, 0.1) is 0 Å². The van der Waals surface area contributed by atoms with Gasteiger partial charge in [0, 0.05) is 26.2 Å². The maximum Gasteiger partial charge on any atom is 0.00750 e.